The van der Waals surface area contributed by atoms with Crippen molar-refractivity contribution in [3.05, 3.63) is 23.8 Å². The fourth-order valence-corrected chi connectivity index (χ4v) is 1.85. The van der Waals surface area contributed by atoms with Gasteiger partial charge in [0.2, 0.25) is 0 Å². The van der Waals surface area contributed by atoms with Crippen LogP contribution in [-0.4, -0.2) is 21.0 Å². The normalized spacial score (nSPS) is 16.0. The first-order valence-electron chi connectivity index (χ1n) is 5.28. The smallest absolute Gasteiger partial charge is 0.303 e. The van der Waals surface area contributed by atoms with Crippen LogP contribution >= 0.6 is 0 Å². The zero-order chi connectivity index (χ0) is 10.7. The van der Waals surface area contributed by atoms with E-state index in [-0.39, 0.29) is 6.42 Å². The Labute approximate surface area is 88.4 Å². The third-order valence-corrected chi connectivity index (χ3v) is 2.92. The van der Waals surface area contributed by atoms with Gasteiger partial charge >= 0.3 is 5.97 Å². The molecule has 1 aromatic heterocycles. The van der Waals surface area contributed by atoms with Gasteiger partial charge in [0.1, 0.15) is 6.33 Å². The van der Waals surface area contributed by atoms with E-state index in [0.717, 1.165) is 11.3 Å². The van der Waals surface area contributed by atoms with E-state index in [2.05, 4.69) is 9.97 Å². The van der Waals surface area contributed by atoms with Crippen molar-refractivity contribution in [1.29, 1.82) is 0 Å². The number of carboxylic acid groups (broad SMARTS) is 1. The molecule has 0 aliphatic heterocycles. The molecule has 1 aliphatic carbocycles. The topological polar surface area (TPSA) is 63.1 Å². The van der Waals surface area contributed by atoms with Crippen molar-refractivity contribution in [2.24, 2.45) is 0 Å². The molecule has 0 bridgehead atoms. The van der Waals surface area contributed by atoms with Gasteiger partial charge in [0.15, 0.2) is 0 Å². The highest BCUT2D eigenvalue weighted by Crippen LogP contribution is 2.36. The molecule has 0 spiro atoms. The molecule has 1 heterocycles. The Bertz CT molecular complexity index is 361. The first kappa shape index (κ1) is 10.1. The maximum atomic E-state index is 10.5. The first-order valence-corrected chi connectivity index (χ1v) is 5.28. The quantitative estimate of drug-likeness (QED) is 0.815. The maximum absolute atomic E-state index is 10.5. The Balaban J connectivity index is 2.10. The molecule has 0 unspecified atom stereocenters. The number of hydrogen-bond donors (Lipinski definition) is 1. The van der Waals surface area contributed by atoms with Crippen molar-refractivity contribution in [2.45, 2.75) is 38.0 Å². The van der Waals surface area contributed by atoms with Crippen molar-refractivity contribution in [1.82, 2.24) is 9.97 Å². The Kier molecular flexibility index (Phi) is 2.94. The van der Waals surface area contributed by atoms with E-state index in [4.69, 9.17) is 5.11 Å². The van der Waals surface area contributed by atoms with Crippen molar-refractivity contribution in [3.8, 4) is 0 Å². The zero-order valence-electron chi connectivity index (χ0n) is 8.52. The molecule has 1 N–H and O–H groups in total. The number of aromatic nitrogens is 2. The van der Waals surface area contributed by atoms with E-state index in [1.54, 1.807) is 12.5 Å². The average Bonchev–Trinajstić information content (AvgIpc) is 2.14. The van der Waals surface area contributed by atoms with Gasteiger partial charge in [0.25, 0.3) is 0 Å². The molecule has 1 aromatic rings. The molecule has 80 valence electrons. The van der Waals surface area contributed by atoms with Crippen molar-refractivity contribution < 1.29 is 9.90 Å². The summed E-state index contributed by atoms with van der Waals surface area (Å²) in [7, 11) is 0. The standard InChI is InChI=1S/C11H14N2O2/c14-10(15)5-4-9-6-12-7-13-11(9)8-2-1-3-8/h6-8H,1-5H2,(H,14,15). The number of aryl methyl sites for hydroxylation is 1. The van der Waals surface area contributed by atoms with Crippen LogP contribution in [0, 0.1) is 0 Å². The number of nitrogens with zero attached hydrogens (tertiary/aromatic N) is 2. The fourth-order valence-electron chi connectivity index (χ4n) is 1.85. The Morgan fingerprint density at radius 1 is 1.53 bits per heavy atom. The lowest BCUT2D eigenvalue weighted by Crippen LogP contribution is -2.14. The van der Waals surface area contributed by atoms with Crippen molar-refractivity contribution in [3.63, 3.8) is 0 Å². The molecule has 0 aromatic carbocycles. The number of rotatable bonds is 4. The third kappa shape index (κ3) is 2.32. The second-order valence-corrected chi connectivity index (χ2v) is 3.95. The largest absolute Gasteiger partial charge is 0.481 e. The molecule has 0 radical (unpaired) electrons. The second kappa shape index (κ2) is 4.38. The van der Waals surface area contributed by atoms with Crippen LogP contribution in [0.3, 0.4) is 0 Å². The molecule has 4 nitrogen and oxygen atoms in total. The van der Waals surface area contributed by atoms with Crippen LogP contribution in [0.4, 0.5) is 0 Å². The highest BCUT2D eigenvalue weighted by molar-refractivity contribution is 5.67. The summed E-state index contributed by atoms with van der Waals surface area (Å²) in [6, 6.07) is 0. The monoisotopic (exact) mass is 206 g/mol. The van der Waals surface area contributed by atoms with E-state index in [1.807, 2.05) is 0 Å². The molecule has 1 saturated carbocycles. The van der Waals surface area contributed by atoms with E-state index >= 15 is 0 Å². The van der Waals surface area contributed by atoms with Crippen LogP contribution in [0.15, 0.2) is 12.5 Å². The molecule has 0 amide bonds. The van der Waals surface area contributed by atoms with Crippen LogP contribution in [0.2, 0.25) is 0 Å². The molecule has 1 aliphatic rings. The lowest BCUT2D eigenvalue weighted by Gasteiger charge is -2.26. The van der Waals surface area contributed by atoms with Gasteiger partial charge in [-0.25, -0.2) is 9.97 Å². The van der Waals surface area contributed by atoms with Crippen molar-refractivity contribution >= 4 is 5.97 Å². The van der Waals surface area contributed by atoms with Gasteiger partial charge < -0.3 is 5.11 Å². The fraction of sp³-hybridized carbons (Fsp3) is 0.545. The first-order chi connectivity index (χ1) is 7.27. The molecule has 4 heteroatoms. The predicted molar refractivity (Wildman–Crippen MR) is 54.6 cm³/mol. The summed E-state index contributed by atoms with van der Waals surface area (Å²) in [4.78, 5) is 18.7. The van der Waals surface area contributed by atoms with Crippen LogP contribution in [0.25, 0.3) is 0 Å². The van der Waals surface area contributed by atoms with Crippen LogP contribution in [0.1, 0.15) is 42.9 Å². The Hall–Kier alpha value is -1.45. The Morgan fingerprint density at radius 2 is 2.33 bits per heavy atom. The van der Waals surface area contributed by atoms with Crippen LogP contribution in [0.5, 0.6) is 0 Å². The lowest BCUT2D eigenvalue weighted by molar-refractivity contribution is -0.136. The highest BCUT2D eigenvalue weighted by Gasteiger charge is 2.23. The van der Waals surface area contributed by atoms with E-state index in [9.17, 15) is 4.79 Å². The summed E-state index contributed by atoms with van der Waals surface area (Å²) in [5.41, 5.74) is 2.07. The highest BCUT2D eigenvalue weighted by atomic mass is 16.4. The minimum atomic E-state index is -0.765. The van der Waals surface area contributed by atoms with Gasteiger partial charge in [0, 0.05) is 18.5 Å². The lowest BCUT2D eigenvalue weighted by atomic mass is 9.81. The molecular formula is C11H14N2O2. The molecule has 1 fully saturated rings. The maximum Gasteiger partial charge on any atom is 0.303 e. The van der Waals surface area contributed by atoms with Gasteiger partial charge in [-0.15, -0.1) is 0 Å². The van der Waals surface area contributed by atoms with E-state index in [0.29, 0.717) is 12.3 Å². The van der Waals surface area contributed by atoms with Crippen LogP contribution in [-0.2, 0) is 11.2 Å². The average molecular weight is 206 g/mol. The van der Waals surface area contributed by atoms with E-state index < -0.39 is 5.97 Å². The van der Waals surface area contributed by atoms with E-state index in [1.165, 1.54) is 19.3 Å². The van der Waals surface area contributed by atoms with Gasteiger partial charge in [-0.05, 0) is 24.8 Å². The van der Waals surface area contributed by atoms with Crippen molar-refractivity contribution in [2.75, 3.05) is 0 Å². The number of carbonyl (C=O) groups is 1. The molecule has 0 saturated heterocycles. The molecule has 15 heavy (non-hydrogen) atoms. The number of aliphatic carboxylic acids is 1. The SMILES string of the molecule is O=C(O)CCc1cncnc1C1CCC1. The summed E-state index contributed by atoms with van der Waals surface area (Å²) < 4.78 is 0. The van der Waals surface area contributed by atoms with Gasteiger partial charge in [0.05, 0.1) is 5.69 Å². The predicted octanol–water partition coefficient (Wildman–Crippen LogP) is 1.76. The van der Waals surface area contributed by atoms with Gasteiger partial charge in [-0.3, -0.25) is 4.79 Å². The molecule has 2 rings (SSSR count). The Morgan fingerprint density at radius 3 is 2.93 bits per heavy atom. The van der Waals surface area contributed by atoms with Gasteiger partial charge in [-0.1, -0.05) is 6.42 Å². The minimum absolute atomic E-state index is 0.160. The summed E-state index contributed by atoms with van der Waals surface area (Å²) >= 11 is 0. The molecular weight excluding hydrogens is 192 g/mol. The summed E-state index contributed by atoms with van der Waals surface area (Å²) in [6.07, 6.45) is 7.62. The zero-order valence-corrected chi connectivity index (χ0v) is 8.52. The second-order valence-electron chi connectivity index (χ2n) is 3.95. The number of carboxylic acids is 1. The van der Waals surface area contributed by atoms with Crippen LogP contribution < -0.4 is 0 Å². The summed E-state index contributed by atoms with van der Waals surface area (Å²) in [5, 5.41) is 8.63. The number of hydrogen-bond acceptors (Lipinski definition) is 3. The third-order valence-electron chi connectivity index (χ3n) is 2.92. The summed E-state index contributed by atoms with van der Waals surface area (Å²) in [6.45, 7) is 0. The minimum Gasteiger partial charge on any atom is -0.481 e. The molecule has 0 atom stereocenters. The summed E-state index contributed by atoms with van der Waals surface area (Å²) in [5.74, 6) is -0.227. The van der Waals surface area contributed by atoms with Gasteiger partial charge in [-0.2, -0.15) is 0 Å².